The van der Waals surface area contributed by atoms with Gasteiger partial charge in [-0.2, -0.15) is 0 Å². The van der Waals surface area contributed by atoms with E-state index in [1.54, 1.807) is 32.4 Å². The number of hydrogen-bond acceptors (Lipinski definition) is 4. The maximum atomic E-state index is 12.5. The fraction of sp³-hybridized carbons (Fsp3) is 0.375. The molecular weight excluding hydrogens is 284 g/mol. The van der Waals surface area contributed by atoms with Gasteiger partial charge in [0.15, 0.2) is 11.5 Å². The molecule has 0 unspecified atom stereocenters. The number of benzene rings is 1. The minimum Gasteiger partial charge on any atom is -0.493 e. The van der Waals surface area contributed by atoms with Gasteiger partial charge in [-0.05, 0) is 19.1 Å². The molecule has 0 bridgehead atoms. The zero-order valence-electron chi connectivity index (χ0n) is 13.5. The van der Waals surface area contributed by atoms with Crippen LogP contribution in [0.25, 0.3) is 10.8 Å². The van der Waals surface area contributed by atoms with Gasteiger partial charge in [0.05, 0.1) is 25.2 Å². The van der Waals surface area contributed by atoms with Crippen molar-refractivity contribution < 1.29 is 14.3 Å². The van der Waals surface area contributed by atoms with Gasteiger partial charge in [-0.1, -0.05) is 0 Å². The third kappa shape index (κ3) is 2.52. The Morgan fingerprint density at radius 1 is 1.14 bits per heavy atom. The van der Waals surface area contributed by atoms with E-state index < -0.39 is 0 Å². The minimum atomic E-state index is -0.167. The average molecular weight is 304 g/mol. The quantitative estimate of drug-likeness (QED) is 0.863. The summed E-state index contributed by atoms with van der Waals surface area (Å²) in [4.78, 5) is 26.4. The van der Waals surface area contributed by atoms with Crippen LogP contribution >= 0.6 is 0 Å². The van der Waals surface area contributed by atoms with Crippen LogP contribution < -0.4 is 15.0 Å². The SMILES string of the molecule is CCn1cc(C(=O)N(C)C)c2cc(OC)c(OC)cc2c1=O. The lowest BCUT2D eigenvalue weighted by Gasteiger charge is -2.16. The van der Waals surface area contributed by atoms with Crippen molar-refractivity contribution in [1.82, 2.24) is 9.47 Å². The van der Waals surface area contributed by atoms with Crippen molar-refractivity contribution in [2.75, 3.05) is 28.3 Å². The molecule has 1 aromatic carbocycles. The first-order chi connectivity index (χ1) is 10.4. The van der Waals surface area contributed by atoms with E-state index in [0.29, 0.717) is 34.4 Å². The van der Waals surface area contributed by atoms with Crippen molar-refractivity contribution in [3.63, 3.8) is 0 Å². The fourth-order valence-corrected chi connectivity index (χ4v) is 2.36. The van der Waals surface area contributed by atoms with Crippen LogP contribution in [-0.4, -0.2) is 43.7 Å². The third-order valence-corrected chi connectivity index (χ3v) is 3.57. The Bertz CT molecular complexity index is 778. The van der Waals surface area contributed by atoms with Crippen LogP contribution in [0.5, 0.6) is 11.5 Å². The molecule has 6 heteroatoms. The summed E-state index contributed by atoms with van der Waals surface area (Å²) in [7, 11) is 6.38. The van der Waals surface area contributed by atoms with Gasteiger partial charge >= 0.3 is 0 Å². The molecule has 0 spiro atoms. The summed E-state index contributed by atoms with van der Waals surface area (Å²) < 4.78 is 12.0. The molecule has 118 valence electrons. The molecule has 1 amide bonds. The number of carbonyl (C=O) groups excluding carboxylic acids is 1. The topological polar surface area (TPSA) is 60.8 Å². The van der Waals surface area contributed by atoms with Crippen LogP contribution in [0.3, 0.4) is 0 Å². The van der Waals surface area contributed by atoms with Gasteiger partial charge in [-0.15, -0.1) is 0 Å². The molecule has 22 heavy (non-hydrogen) atoms. The van der Waals surface area contributed by atoms with Crippen molar-refractivity contribution in [2.24, 2.45) is 0 Å². The largest absolute Gasteiger partial charge is 0.493 e. The molecule has 6 nitrogen and oxygen atoms in total. The Balaban J connectivity index is 2.92. The number of aromatic nitrogens is 1. The Morgan fingerprint density at radius 3 is 2.14 bits per heavy atom. The second-order valence-corrected chi connectivity index (χ2v) is 5.09. The van der Waals surface area contributed by atoms with Crippen LogP contribution in [0.4, 0.5) is 0 Å². The van der Waals surface area contributed by atoms with Crippen molar-refractivity contribution in [1.29, 1.82) is 0 Å². The molecule has 0 aliphatic rings. The highest BCUT2D eigenvalue weighted by Crippen LogP contribution is 2.32. The first kappa shape index (κ1) is 15.9. The van der Waals surface area contributed by atoms with E-state index in [1.165, 1.54) is 23.7 Å². The third-order valence-electron chi connectivity index (χ3n) is 3.57. The van der Waals surface area contributed by atoms with E-state index in [-0.39, 0.29) is 11.5 Å². The van der Waals surface area contributed by atoms with Gasteiger partial charge in [-0.3, -0.25) is 9.59 Å². The molecule has 2 rings (SSSR count). The summed E-state index contributed by atoms with van der Waals surface area (Å²) in [6, 6.07) is 3.29. The molecule has 0 fully saturated rings. The lowest BCUT2D eigenvalue weighted by Crippen LogP contribution is -2.26. The minimum absolute atomic E-state index is 0.159. The Labute approximate surface area is 128 Å². The lowest BCUT2D eigenvalue weighted by molar-refractivity contribution is 0.0828. The molecule has 0 saturated heterocycles. The van der Waals surface area contributed by atoms with Gasteiger partial charge < -0.3 is 18.9 Å². The van der Waals surface area contributed by atoms with Crippen molar-refractivity contribution >= 4 is 16.7 Å². The number of amides is 1. The maximum Gasteiger partial charge on any atom is 0.258 e. The number of rotatable bonds is 4. The van der Waals surface area contributed by atoms with Gasteiger partial charge in [0.2, 0.25) is 0 Å². The number of carbonyl (C=O) groups is 1. The highest BCUT2D eigenvalue weighted by atomic mass is 16.5. The van der Waals surface area contributed by atoms with Gasteiger partial charge in [0, 0.05) is 32.2 Å². The van der Waals surface area contributed by atoms with Gasteiger partial charge in [-0.25, -0.2) is 0 Å². The molecule has 0 N–H and O–H groups in total. The molecule has 0 radical (unpaired) electrons. The highest BCUT2D eigenvalue weighted by Gasteiger charge is 2.18. The second-order valence-electron chi connectivity index (χ2n) is 5.09. The predicted octanol–water partition coefficient (Wildman–Crippen LogP) is 1.74. The molecule has 0 atom stereocenters. The number of pyridine rings is 1. The van der Waals surface area contributed by atoms with Crippen LogP contribution in [0.1, 0.15) is 17.3 Å². The van der Waals surface area contributed by atoms with E-state index in [2.05, 4.69) is 0 Å². The summed E-state index contributed by atoms with van der Waals surface area (Å²) in [5.41, 5.74) is 0.302. The number of methoxy groups -OCH3 is 2. The molecule has 0 saturated carbocycles. The first-order valence-electron chi connectivity index (χ1n) is 6.95. The summed E-state index contributed by atoms with van der Waals surface area (Å²) in [5.74, 6) is 0.778. The molecule has 0 aliphatic carbocycles. The number of nitrogens with zero attached hydrogens (tertiary/aromatic N) is 2. The van der Waals surface area contributed by atoms with Gasteiger partial charge in [0.1, 0.15) is 0 Å². The molecular formula is C16H20N2O4. The van der Waals surface area contributed by atoms with Crippen LogP contribution in [0.15, 0.2) is 23.1 Å². The molecule has 1 aromatic heterocycles. The Hall–Kier alpha value is -2.50. The molecule has 2 aromatic rings. The number of aryl methyl sites for hydroxylation is 1. The van der Waals surface area contributed by atoms with E-state index in [1.807, 2.05) is 6.92 Å². The lowest BCUT2D eigenvalue weighted by atomic mass is 10.1. The highest BCUT2D eigenvalue weighted by molar-refractivity contribution is 6.07. The summed E-state index contributed by atoms with van der Waals surface area (Å²) >= 11 is 0. The second kappa shape index (κ2) is 6.09. The van der Waals surface area contributed by atoms with E-state index in [9.17, 15) is 9.59 Å². The summed E-state index contributed by atoms with van der Waals surface area (Å²) in [6.07, 6.45) is 1.60. The van der Waals surface area contributed by atoms with Crippen molar-refractivity contribution in [3.05, 3.63) is 34.2 Å². The van der Waals surface area contributed by atoms with Crippen LogP contribution in [-0.2, 0) is 6.54 Å². The Morgan fingerprint density at radius 2 is 1.68 bits per heavy atom. The monoisotopic (exact) mass is 304 g/mol. The van der Waals surface area contributed by atoms with Crippen molar-refractivity contribution in [2.45, 2.75) is 13.5 Å². The molecule has 1 heterocycles. The summed E-state index contributed by atoms with van der Waals surface area (Å²) in [5, 5.41) is 0.998. The number of fused-ring (bicyclic) bond motifs is 1. The van der Waals surface area contributed by atoms with Crippen LogP contribution in [0.2, 0.25) is 0 Å². The van der Waals surface area contributed by atoms with Gasteiger partial charge in [0.25, 0.3) is 11.5 Å². The van der Waals surface area contributed by atoms with E-state index in [4.69, 9.17) is 9.47 Å². The smallest absolute Gasteiger partial charge is 0.258 e. The standard InChI is InChI=1S/C16H20N2O4/c1-6-18-9-12(15(19)17(2)3)10-7-13(21-4)14(22-5)8-11(10)16(18)20/h7-9H,6H2,1-5H3. The van der Waals surface area contributed by atoms with Crippen molar-refractivity contribution in [3.8, 4) is 11.5 Å². The fourth-order valence-electron chi connectivity index (χ4n) is 2.36. The molecule has 0 aliphatic heterocycles. The number of hydrogen-bond donors (Lipinski definition) is 0. The van der Waals surface area contributed by atoms with E-state index >= 15 is 0 Å². The normalized spacial score (nSPS) is 10.6. The Kier molecular flexibility index (Phi) is 4.40. The van der Waals surface area contributed by atoms with Crippen LogP contribution in [0, 0.1) is 0 Å². The zero-order valence-corrected chi connectivity index (χ0v) is 13.5. The maximum absolute atomic E-state index is 12.5. The average Bonchev–Trinajstić information content (AvgIpc) is 2.53. The number of ether oxygens (including phenoxy) is 2. The summed E-state index contributed by atoms with van der Waals surface area (Å²) in [6.45, 7) is 2.34. The zero-order chi connectivity index (χ0) is 16.4. The van der Waals surface area contributed by atoms with E-state index in [0.717, 1.165) is 0 Å². The first-order valence-corrected chi connectivity index (χ1v) is 6.95. The predicted molar refractivity (Wildman–Crippen MR) is 85.0 cm³/mol.